The first kappa shape index (κ1) is 19.7. The van der Waals surface area contributed by atoms with E-state index in [0.717, 1.165) is 32.2 Å². The van der Waals surface area contributed by atoms with Gasteiger partial charge in [0.2, 0.25) is 10.0 Å². The predicted octanol–water partition coefficient (Wildman–Crippen LogP) is 3.21. The van der Waals surface area contributed by atoms with E-state index in [9.17, 15) is 8.42 Å². The van der Waals surface area contributed by atoms with Crippen molar-refractivity contribution in [2.75, 3.05) is 19.6 Å². The predicted molar refractivity (Wildman–Crippen MR) is 100 cm³/mol. The molecule has 1 aromatic rings. The van der Waals surface area contributed by atoms with E-state index in [1.165, 1.54) is 18.4 Å². The van der Waals surface area contributed by atoms with E-state index in [1.54, 1.807) is 16.4 Å². The molecule has 136 valence electrons. The number of aryl methyl sites for hydroxylation is 1. The van der Waals surface area contributed by atoms with Gasteiger partial charge in [-0.15, -0.1) is 12.4 Å². The molecule has 6 heteroatoms. The highest BCUT2D eigenvalue weighted by Crippen LogP contribution is 2.28. The summed E-state index contributed by atoms with van der Waals surface area (Å²) >= 11 is 0. The summed E-state index contributed by atoms with van der Waals surface area (Å²) in [4.78, 5) is 0.440. The third-order valence-electron chi connectivity index (χ3n) is 5.27. The van der Waals surface area contributed by atoms with Crippen LogP contribution in [0.25, 0.3) is 0 Å². The van der Waals surface area contributed by atoms with Gasteiger partial charge in [0.05, 0.1) is 4.90 Å². The lowest BCUT2D eigenvalue weighted by Crippen LogP contribution is -2.43. The second-order valence-corrected chi connectivity index (χ2v) is 8.78. The van der Waals surface area contributed by atoms with Crippen LogP contribution < -0.4 is 5.32 Å². The number of benzene rings is 1. The highest BCUT2D eigenvalue weighted by molar-refractivity contribution is 7.89. The fraction of sp³-hybridized carbons (Fsp3) is 0.667. The van der Waals surface area contributed by atoms with Crippen molar-refractivity contribution in [2.24, 2.45) is 5.92 Å². The molecule has 2 aliphatic heterocycles. The number of piperidine rings is 1. The Labute approximate surface area is 152 Å². The summed E-state index contributed by atoms with van der Waals surface area (Å²) in [6, 6.07) is 8.04. The van der Waals surface area contributed by atoms with Crippen molar-refractivity contribution in [1.82, 2.24) is 9.62 Å². The second-order valence-electron chi connectivity index (χ2n) is 6.84. The van der Waals surface area contributed by atoms with Gasteiger partial charge >= 0.3 is 0 Å². The quantitative estimate of drug-likeness (QED) is 0.863. The Morgan fingerprint density at radius 2 is 1.79 bits per heavy atom. The minimum atomic E-state index is -3.33. The second kappa shape index (κ2) is 8.65. The topological polar surface area (TPSA) is 49.4 Å². The van der Waals surface area contributed by atoms with E-state index in [4.69, 9.17) is 0 Å². The Morgan fingerprint density at radius 3 is 2.33 bits per heavy atom. The molecule has 0 bridgehead atoms. The standard InChI is InChI=1S/C18H28N2O2S.ClH/c1-2-4-15-6-8-17(9-7-15)23(21,22)20-13-10-16(11-14-20)18-5-3-12-19-18;/h6-9,16,18-19H,2-5,10-14H2,1H3;1H. The van der Waals surface area contributed by atoms with Crippen molar-refractivity contribution in [3.63, 3.8) is 0 Å². The number of nitrogens with zero attached hydrogens (tertiary/aromatic N) is 1. The average Bonchev–Trinajstić information content (AvgIpc) is 3.10. The minimum Gasteiger partial charge on any atom is -0.314 e. The molecule has 0 radical (unpaired) electrons. The first-order valence-corrected chi connectivity index (χ1v) is 10.4. The molecule has 3 rings (SSSR count). The molecule has 0 aromatic heterocycles. The van der Waals surface area contributed by atoms with Gasteiger partial charge < -0.3 is 5.32 Å². The smallest absolute Gasteiger partial charge is 0.243 e. The van der Waals surface area contributed by atoms with Crippen LogP contribution >= 0.6 is 12.4 Å². The van der Waals surface area contributed by atoms with Crippen LogP contribution in [0, 0.1) is 5.92 Å². The van der Waals surface area contributed by atoms with Gasteiger partial charge in [0.15, 0.2) is 0 Å². The van der Waals surface area contributed by atoms with Gasteiger partial charge in [0, 0.05) is 19.1 Å². The van der Waals surface area contributed by atoms with Gasteiger partial charge in [-0.3, -0.25) is 0 Å². The molecule has 2 heterocycles. The largest absolute Gasteiger partial charge is 0.314 e. The summed E-state index contributed by atoms with van der Waals surface area (Å²) in [5, 5.41) is 3.56. The van der Waals surface area contributed by atoms with Crippen LogP contribution in [0.1, 0.15) is 44.6 Å². The number of hydrogen-bond acceptors (Lipinski definition) is 3. The van der Waals surface area contributed by atoms with Gasteiger partial charge in [0.1, 0.15) is 0 Å². The molecule has 24 heavy (non-hydrogen) atoms. The summed E-state index contributed by atoms with van der Waals surface area (Å²) in [5.74, 6) is 0.635. The maximum atomic E-state index is 12.8. The van der Waals surface area contributed by atoms with E-state index in [0.29, 0.717) is 29.9 Å². The Balaban J connectivity index is 0.00000208. The van der Waals surface area contributed by atoms with Crippen LogP contribution in [0.3, 0.4) is 0 Å². The molecule has 4 nitrogen and oxygen atoms in total. The molecule has 2 aliphatic rings. The number of rotatable bonds is 5. The van der Waals surface area contributed by atoms with E-state index in [-0.39, 0.29) is 12.4 Å². The fourth-order valence-electron chi connectivity index (χ4n) is 3.90. The average molecular weight is 373 g/mol. The van der Waals surface area contributed by atoms with Crippen LogP contribution in [0.2, 0.25) is 0 Å². The fourth-order valence-corrected chi connectivity index (χ4v) is 5.37. The molecule has 1 atom stereocenters. The molecule has 0 aliphatic carbocycles. The molecule has 1 unspecified atom stereocenters. The van der Waals surface area contributed by atoms with Crippen LogP contribution in [0.15, 0.2) is 29.2 Å². The molecular formula is C18H29ClN2O2S. The number of hydrogen-bond donors (Lipinski definition) is 1. The Bertz CT molecular complexity index is 604. The maximum Gasteiger partial charge on any atom is 0.243 e. The first-order chi connectivity index (χ1) is 11.1. The maximum absolute atomic E-state index is 12.8. The van der Waals surface area contributed by atoms with E-state index in [1.807, 2.05) is 12.1 Å². The van der Waals surface area contributed by atoms with Gasteiger partial charge in [-0.1, -0.05) is 25.5 Å². The third-order valence-corrected chi connectivity index (χ3v) is 7.18. The third kappa shape index (κ3) is 4.31. The molecular weight excluding hydrogens is 344 g/mol. The SMILES string of the molecule is CCCc1ccc(S(=O)(=O)N2CCC(C3CCCN3)CC2)cc1.Cl. The van der Waals surface area contributed by atoms with Crippen LogP contribution in [-0.2, 0) is 16.4 Å². The molecule has 0 spiro atoms. The van der Waals surface area contributed by atoms with Crippen molar-refractivity contribution >= 4 is 22.4 Å². The summed E-state index contributed by atoms with van der Waals surface area (Å²) in [6.07, 6.45) is 6.54. The highest BCUT2D eigenvalue weighted by atomic mass is 35.5. The van der Waals surface area contributed by atoms with E-state index < -0.39 is 10.0 Å². The van der Waals surface area contributed by atoms with Crippen LogP contribution in [0.4, 0.5) is 0 Å². The lowest BCUT2D eigenvalue weighted by Gasteiger charge is -2.34. The zero-order valence-corrected chi connectivity index (χ0v) is 16.0. The van der Waals surface area contributed by atoms with Gasteiger partial charge in [-0.25, -0.2) is 8.42 Å². The van der Waals surface area contributed by atoms with Crippen LogP contribution in [-0.4, -0.2) is 38.4 Å². The minimum absolute atomic E-state index is 0. The highest BCUT2D eigenvalue weighted by Gasteiger charge is 2.33. The normalized spacial score (nSPS) is 23.1. The van der Waals surface area contributed by atoms with Gasteiger partial charge in [-0.05, 0) is 62.3 Å². The Hall–Kier alpha value is -0.620. The lowest BCUT2D eigenvalue weighted by molar-refractivity contribution is 0.234. The van der Waals surface area contributed by atoms with Crippen LogP contribution in [0.5, 0.6) is 0 Å². The summed E-state index contributed by atoms with van der Waals surface area (Å²) in [7, 11) is -3.33. The lowest BCUT2D eigenvalue weighted by atomic mass is 9.89. The summed E-state index contributed by atoms with van der Waals surface area (Å²) in [5.41, 5.74) is 1.21. The molecule has 2 saturated heterocycles. The number of sulfonamides is 1. The molecule has 0 saturated carbocycles. The molecule has 1 N–H and O–H groups in total. The first-order valence-electron chi connectivity index (χ1n) is 8.93. The summed E-state index contributed by atoms with van der Waals surface area (Å²) in [6.45, 7) is 4.56. The van der Waals surface area contributed by atoms with E-state index in [2.05, 4.69) is 12.2 Å². The summed E-state index contributed by atoms with van der Waals surface area (Å²) < 4.78 is 27.3. The van der Waals surface area contributed by atoms with E-state index >= 15 is 0 Å². The van der Waals surface area contributed by atoms with Crippen molar-refractivity contribution in [2.45, 2.75) is 56.4 Å². The Kier molecular flexibility index (Phi) is 7.10. The number of halogens is 1. The Morgan fingerprint density at radius 1 is 1.12 bits per heavy atom. The molecule has 2 fully saturated rings. The van der Waals surface area contributed by atoms with Crippen molar-refractivity contribution in [3.05, 3.63) is 29.8 Å². The molecule has 1 aromatic carbocycles. The number of nitrogens with one attached hydrogen (secondary N) is 1. The zero-order chi connectivity index (χ0) is 16.3. The van der Waals surface area contributed by atoms with Crippen molar-refractivity contribution < 1.29 is 8.42 Å². The van der Waals surface area contributed by atoms with Crippen molar-refractivity contribution in [1.29, 1.82) is 0 Å². The monoisotopic (exact) mass is 372 g/mol. The molecule has 0 amide bonds. The van der Waals surface area contributed by atoms with Gasteiger partial charge in [-0.2, -0.15) is 4.31 Å². The zero-order valence-electron chi connectivity index (χ0n) is 14.4. The van der Waals surface area contributed by atoms with Gasteiger partial charge in [0.25, 0.3) is 0 Å². The van der Waals surface area contributed by atoms with Crippen molar-refractivity contribution in [3.8, 4) is 0 Å².